The molecule has 1 aromatic carbocycles. The number of halogens is 1. The molecule has 0 aromatic heterocycles. The van der Waals surface area contributed by atoms with Gasteiger partial charge in [0.15, 0.2) is 0 Å². The maximum Gasteiger partial charge on any atom is 0.127 e. The Morgan fingerprint density at radius 1 is 1.29 bits per heavy atom. The number of benzene rings is 1. The lowest BCUT2D eigenvalue weighted by atomic mass is 10.0. The fraction of sp³-hybridized carbons (Fsp3) is 0.538. The second-order valence-corrected chi connectivity index (χ2v) is 4.34. The van der Waals surface area contributed by atoms with E-state index in [1.165, 1.54) is 6.07 Å². The normalized spacial score (nSPS) is 19.2. The minimum absolute atomic E-state index is 0.0108. The Labute approximate surface area is 101 Å². The molecule has 0 saturated carbocycles. The molecule has 1 heterocycles. The lowest BCUT2D eigenvalue weighted by molar-refractivity contribution is 0.138. The van der Waals surface area contributed by atoms with Gasteiger partial charge in [0.2, 0.25) is 0 Å². The molecule has 0 spiro atoms. The first kappa shape index (κ1) is 12.5. The van der Waals surface area contributed by atoms with Crippen LogP contribution in [0.3, 0.4) is 0 Å². The van der Waals surface area contributed by atoms with Crippen LogP contribution in [0.2, 0.25) is 0 Å². The van der Waals surface area contributed by atoms with Crippen molar-refractivity contribution in [2.45, 2.75) is 12.5 Å². The van der Waals surface area contributed by atoms with Gasteiger partial charge in [0.25, 0.3) is 0 Å². The van der Waals surface area contributed by atoms with Crippen LogP contribution in [-0.4, -0.2) is 42.8 Å². The monoisotopic (exact) mass is 238 g/mol. The molecule has 1 aliphatic heterocycles. The minimum atomic E-state index is -0.176. The van der Waals surface area contributed by atoms with Crippen LogP contribution >= 0.6 is 0 Å². The minimum Gasteiger partial charge on any atom is -0.396 e. The number of aliphatic hydroxyl groups is 1. The Balaban J connectivity index is 2.18. The molecule has 4 heteroatoms. The first-order valence-electron chi connectivity index (χ1n) is 6.13. The van der Waals surface area contributed by atoms with Crippen LogP contribution in [-0.2, 0) is 0 Å². The van der Waals surface area contributed by atoms with Crippen molar-refractivity contribution in [3.8, 4) is 0 Å². The Morgan fingerprint density at radius 2 is 2.00 bits per heavy atom. The lowest BCUT2D eigenvalue weighted by Crippen LogP contribution is -2.45. The van der Waals surface area contributed by atoms with Gasteiger partial charge in [0.1, 0.15) is 5.82 Å². The van der Waals surface area contributed by atoms with Gasteiger partial charge in [-0.1, -0.05) is 18.2 Å². The van der Waals surface area contributed by atoms with Crippen molar-refractivity contribution in [3.63, 3.8) is 0 Å². The highest BCUT2D eigenvalue weighted by Crippen LogP contribution is 2.26. The smallest absolute Gasteiger partial charge is 0.127 e. The highest BCUT2D eigenvalue weighted by Gasteiger charge is 2.23. The fourth-order valence-electron chi connectivity index (χ4n) is 2.40. The van der Waals surface area contributed by atoms with Gasteiger partial charge in [-0.25, -0.2) is 4.39 Å². The van der Waals surface area contributed by atoms with Crippen LogP contribution < -0.4 is 5.32 Å². The summed E-state index contributed by atoms with van der Waals surface area (Å²) in [5.41, 5.74) is 0.698. The van der Waals surface area contributed by atoms with Gasteiger partial charge in [-0.3, -0.25) is 4.90 Å². The molecule has 0 unspecified atom stereocenters. The van der Waals surface area contributed by atoms with E-state index in [2.05, 4.69) is 10.2 Å². The largest absolute Gasteiger partial charge is 0.396 e. The molecule has 2 rings (SSSR count). The van der Waals surface area contributed by atoms with Crippen molar-refractivity contribution in [2.24, 2.45) is 0 Å². The third kappa shape index (κ3) is 3.03. The van der Waals surface area contributed by atoms with E-state index in [1.54, 1.807) is 6.07 Å². The second kappa shape index (κ2) is 6.10. The zero-order chi connectivity index (χ0) is 12.1. The average molecular weight is 238 g/mol. The van der Waals surface area contributed by atoms with E-state index in [-0.39, 0.29) is 18.5 Å². The summed E-state index contributed by atoms with van der Waals surface area (Å²) in [5, 5.41) is 12.4. The number of nitrogens with zero attached hydrogens (tertiary/aromatic N) is 1. The topological polar surface area (TPSA) is 35.5 Å². The molecule has 1 atom stereocenters. The SMILES string of the molecule is OCC[C@@H](c1ccccc1F)N1CCNCC1. The molecule has 0 aliphatic carbocycles. The summed E-state index contributed by atoms with van der Waals surface area (Å²) in [6.45, 7) is 3.74. The Hall–Kier alpha value is -0.970. The first-order chi connectivity index (χ1) is 8.33. The van der Waals surface area contributed by atoms with Gasteiger partial charge in [-0.05, 0) is 12.5 Å². The molecular weight excluding hydrogens is 219 g/mol. The summed E-state index contributed by atoms with van der Waals surface area (Å²) in [6, 6.07) is 6.85. The number of nitrogens with one attached hydrogen (secondary N) is 1. The van der Waals surface area contributed by atoms with Gasteiger partial charge in [-0.15, -0.1) is 0 Å². The number of hydrogen-bond donors (Lipinski definition) is 2. The standard InChI is InChI=1S/C13H19FN2O/c14-12-4-2-1-3-11(12)13(5-10-17)16-8-6-15-7-9-16/h1-4,13,15,17H,5-10H2/t13-/m0/s1. The number of rotatable bonds is 4. The predicted molar refractivity (Wildman–Crippen MR) is 65.3 cm³/mol. The van der Waals surface area contributed by atoms with E-state index in [0.29, 0.717) is 12.0 Å². The molecule has 1 aromatic rings. The third-order valence-corrected chi connectivity index (χ3v) is 3.26. The van der Waals surface area contributed by atoms with Gasteiger partial charge >= 0.3 is 0 Å². The zero-order valence-corrected chi connectivity index (χ0v) is 9.90. The van der Waals surface area contributed by atoms with Crippen molar-refractivity contribution < 1.29 is 9.50 Å². The van der Waals surface area contributed by atoms with Crippen molar-refractivity contribution >= 4 is 0 Å². The number of piperazine rings is 1. The van der Waals surface area contributed by atoms with E-state index in [9.17, 15) is 4.39 Å². The van der Waals surface area contributed by atoms with E-state index in [0.717, 1.165) is 26.2 Å². The molecule has 0 bridgehead atoms. The second-order valence-electron chi connectivity index (χ2n) is 4.34. The summed E-state index contributed by atoms with van der Waals surface area (Å²) in [5.74, 6) is -0.176. The van der Waals surface area contributed by atoms with Crippen molar-refractivity contribution in [2.75, 3.05) is 32.8 Å². The molecule has 2 N–H and O–H groups in total. The van der Waals surface area contributed by atoms with E-state index >= 15 is 0 Å². The summed E-state index contributed by atoms with van der Waals surface area (Å²) in [6.07, 6.45) is 0.584. The predicted octanol–water partition coefficient (Wildman–Crippen LogP) is 1.15. The van der Waals surface area contributed by atoms with E-state index in [4.69, 9.17) is 5.11 Å². The van der Waals surface area contributed by atoms with Gasteiger partial charge in [-0.2, -0.15) is 0 Å². The van der Waals surface area contributed by atoms with Crippen molar-refractivity contribution in [3.05, 3.63) is 35.6 Å². The van der Waals surface area contributed by atoms with Crippen molar-refractivity contribution in [1.82, 2.24) is 10.2 Å². The third-order valence-electron chi connectivity index (χ3n) is 3.26. The molecule has 3 nitrogen and oxygen atoms in total. The van der Waals surface area contributed by atoms with Crippen LogP contribution in [0.1, 0.15) is 18.0 Å². The highest BCUT2D eigenvalue weighted by molar-refractivity contribution is 5.21. The van der Waals surface area contributed by atoms with Crippen LogP contribution in [0.25, 0.3) is 0 Å². The van der Waals surface area contributed by atoms with E-state index in [1.807, 2.05) is 12.1 Å². The van der Waals surface area contributed by atoms with Gasteiger partial charge < -0.3 is 10.4 Å². The molecule has 0 amide bonds. The van der Waals surface area contributed by atoms with Crippen LogP contribution in [0, 0.1) is 5.82 Å². The molecule has 1 saturated heterocycles. The van der Waals surface area contributed by atoms with E-state index < -0.39 is 0 Å². The van der Waals surface area contributed by atoms with Crippen LogP contribution in [0.4, 0.5) is 4.39 Å². The summed E-state index contributed by atoms with van der Waals surface area (Å²) >= 11 is 0. The summed E-state index contributed by atoms with van der Waals surface area (Å²) < 4.78 is 13.8. The van der Waals surface area contributed by atoms with Gasteiger partial charge in [0, 0.05) is 44.4 Å². The average Bonchev–Trinajstić information content (AvgIpc) is 2.38. The van der Waals surface area contributed by atoms with Crippen LogP contribution in [0.5, 0.6) is 0 Å². The quantitative estimate of drug-likeness (QED) is 0.826. The molecule has 1 fully saturated rings. The first-order valence-corrected chi connectivity index (χ1v) is 6.13. The van der Waals surface area contributed by atoms with Crippen LogP contribution in [0.15, 0.2) is 24.3 Å². The number of aliphatic hydroxyl groups excluding tert-OH is 1. The zero-order valence-electron chi connectivity index (χ0n) is 9.90. The Kier molecular flexibility index (Phi) is 4.48. The maximum absolute atomic E-state index is 13.8. The molecular formula is C13H19FN2O. The molecule has 1 aliphatic rings. The van der Waals surface area contributed by atoms with Crippen molar-refractivity contribution in [1.29, 1.82) is 0 Å². The maximum atomic E-state index is 13.8. The fourth-order valence-corrected chi connectivity index (χ4v) is 2.40. The Morgan fingerprint density at radius 3 is 2.65 bits per heavy atom. The molecule has 94 valence electrons. The molecule has 17 heavy (non-hydrogen) atoms. The Bertz CT molecular complexity index is 353. The van der Waals surface area contributed by atoms with Gasteiger partial charge in [0.05, 0.1) is 0 Å². The molecule has 0 radical (unpaired) electrons. The summed E-state index contributed by atoms with van der Waals surface area (Å²) in [4.78, 5) is 2.24. The summed E-state index contributed by atoms with van der Waals surface area (Å²) in [7, 11) is 0. The lowest BCUT2D eigenvalue weighted by Gasteiger charge is -2.35. The highest BCUT2D eigenvalue weighted by atomic mass is 19.1. The number of hydrogen-bond acceptors (Lipinski definition) is 3.